The molecule has 21 heavy (non-hydrogen) atoms. The minimum atomic E-state index is -3.31. The highest BCUT2D eigenvalue weighted by Crippen LogP contribution is 2.30. The third-order valence-corrected chi connectivity index (χ3v) is 6.78. The van der Waals surface area contributed by atoms with E-state index in [1.54, 1.807) is 26.2 Å². The molecule has 7 heteroatoms. The second kappa shape index (κ2) is 6.84. The van der Waals surface area contributed by atoms with Gasteiger partial charge in [0, 0.05) is 36.7 Å². The monoisotopic (exact) mass is 351 g/mol. The maximum atomic E-state index is 12.4. The quantitative estimate of drug-likeness (QED) is 0.837. The Morgan fingerprint density at radius 2 is 2.05 bits per heavy atom. The van der Waals surface area contributed by atoms with Crippen LogP contribution < -0.4 is 0 Å². The minimum Gasteiger partial charge on any atom is -0.381 e. The highest BCUT2D eigenvalue weighted by molar-refractivity contribution is 7.89. The van der Waals surface area contributed by atoms with Gasteiger partial charge in [-0.3, -0.25) is 0 Å². The minimum absolute atomic E-state index is 0.107. The van der Waals surface area contributed by atoms with Crippen molar-refractivity contribution in [1.29, 1.82) is 0 Å². The first-order chi connectivity index (χ1) is 9.82. The summed E-state index contributed by atoms with van der Waals surface area (Å²) < 4.78 is 31.6. The molecule has 1 aromatic carbocycles. The second-order valence-corrected chi connectivity index (χ2v) is 8.64. The Morgan fingerprint density at radius 3 is 2.67 bits per heavy atom. The van der Waals surface area contributed by atoms with E-state index in [1.807, 2.05) is 6.07 Å². The van der Waals surface area contributed by atoms with Crippen molar-refractivity contribution in [2.24, 2.45) is 5.92 Å². The van der Waals surface area contributed by atoms with Crippen molar-refractivity contribution >= 4 is 33.2 Å². The fraction of sp³-hybridized carbons (Fsp3) is 0.571. The van der Waals surface area contributed by atoms with E-state index >= 15 is 0 Å². The van der Waals surface area contributed by atoms with Gasteiger partial charge >= 0.3 is 0 Å². The van der Waals surface area contributed by atoms with Gasteiger partial charge in [0.25, 0.3) is 0 Å². The van der Waals surface area contributed by atoms with Crippen LogP contribution in [0.2, 0.25) is 10.0 Å². The summed E-state index contributed by atoms with van der Waals surface area (Å²) in [5.41, 5.74) is 0.899. The van der Waals surface area contributed by atoms with Crippen LogP contribution in [0, 0.1) is 5.92 Å². The number of benzene rings is 1. The average Bonchev–Trinajstić information content (AvgIpc) is 2.42. The Labute approximate surface area is 136 Å². The van der Waals surface area contributed by atoms with Crippen LogP contribution in [0.15, 0.2) is 18.2 Å². The summed E-state index contributed by atoms with van der Waals surface area (Å²) in [6.07, 6.45) is 1.07. The van der Waals surface area contributed by atoms with Gasteiger partial charge in [-0.25, -0.2) is 12.7 Å². The molecule has 1 aliphatic heterocycles. The maximum absolute atomic E-state index is 12.4. The Morgan fingerprint density at radius 1 is 1.33 bits per heavy atom. The predicted octanol–water partition coefficient (Wildman–Crippen LogP) is 2.83. The number of ether oxygens (including phenoxy) is 1. The van der Waals surface area contributed by atoms with E-state index in [1.165, 1.54) is 4.31 Å². The lowest BCUT2D eigenvalue weighted by Crippen LogP contribution is -2.44. The van der Waals surface area contributed by atoms with Gasteiger partial charge < -0.3 is 4.74 Å². The molecule has 1 aliphatic rings. The lowest BCUT2D eigenvalue weighted by molar-refractivity contribution is 0.0563. The van der Waals surface area contributed by atoms with Crippen molar-refractivity contribution < 1.29 is 13.2 Å². The number of nitrogens with zero attached hydrogens (tertiary/aromatic N) is 1. The van der Waals surface area contributed by atoms with E-state index in [-0.39, 0.29) is 5.92 Å². The first-order valence-electron chi connectivity index (χ1n) is 6.75. The van der Waals surface area contributed by atoms with E-state index in [0.29, 0.717) is 36.1 Å². The highest BCUT2D eigenvalue weighted by Gasteiger charge is 2.37. The molecule has 1 heterocycles. The van der Waals surface area contributed by atoms with Crippen LogP contribution in [-0.4, -0.2) is 45.3 Å². The van der Waals surface area contributed by atoms with Crippen molar-refractivity contribution in [1.82, 2.24) is 4.31 Å². The maximum Gasteiger partial charge on any atom is 0.216 e. The zero-order chi connectivity index (χ0) is 15.6. The van der Waals surface area contributed by atoms with Gasteiger partial charge in [-0.15, -0.1) is 0 Å². The Bertz CT molecular complexity index is 604. The van der Waals surface area contributed by atoms with Crippen LogP contribution in [0.1, 0.15) is 12.0 Å². The second-order valence-electron chi connectivity index (χ2n) is 5.43. The van der Waals surface area contributed by atoms with Crippen molar-refractivity contribution in [3.8, 4) is 0 Å². The molecule has 0 aliphatic carbocycles. The summed E-state index contributed by atoms with van der Waals surface area (Å²) >= 11 is 12.1. The molecule has 2 unspecified atom stereocenters. The molecular weight excluding hydrogens is 333 g/mol. The van der Waals surface area contributed by atoms with Crippen molar-refractivity contribution in [3.05, 3.63) is 33.8 Å². The molecule has 0 saturated carbocycles. The Kier molecular flexibility index (Phi) is 5.54. The van der Waals surface area contributed by atoms with E-state index in [2.05, 4.69) is 0 Å². The Hall–Kier alpha value is -0.330. The normalized spacial score (nSPS) is 23.5. The number of halogens is 2. The van der Waals surface area contributed by atoms with E-state index in [4.69, 9.17) is 27.9 Å². The van der Waals surface area contributed by atoms with Crippen molar-refractivity contribution in [3.63, 3.8) is 0 Å². The summed E-state index contributed by atoms with van der Waals surface area (Å²) in [7, 11) is -0.173. The lowest BCUT2D eigenvalue weighted by atomic mass is 9.93. The van der Waals surface area contributed by atoms with Crippen LogP contribution in [0.5, 0.6) is 0 Å². The molecule has 1 saturated heterocycles. The van der Waals surface area contributed by atoms with Gasteiger partial charge in [0.05, 0.1) is 11.9 Å². The SMILES string of the molecule is CN(C)S(=O)(=O)C1CCOCC1Cc1ccc(Cl)cc1Cl. The summed E-state index contributed by atoms with van der Waals surface area (Å²) in [5, 5.41) is 0.697. The molecule has 118 valence electrons. The first kappa shape index (κ1) is 17.0. The number of hydrogen-bond acceptors (Lipinski definition) is 3. The lowest BCUT2D eigenvalue weighted by Gasteiger charge is -2.33. The van der Waals surface area contributed by atoms with Gasteiger partial charge in [0.1, 0.15) is 0 Å². The van der Waals surface area contributed by atoms with Crippen LogP contribution in [-0.2, 0) is 21.2 Å². The van der Waals surface area contributed by atoms with Crippen molar-refractivity contribution in [2.45, 2.75) is 18.1 Å². The molecule has 0 bridgehead atoms. The molecule has 0 spiro atoms. The van der Waals surface area contributed by atoms with Gasteiger partial charge in [-0.05, 0) is 30.5 Å². The van der Waals surface area contributed by atoms with Crippen LogP contribution in [0.4, 0.5) is 0 Å². The number of rotatable bonds is 4. The number of hydrogen-bond donors (Lipinski definition) is 0. The first-order valence-corrected chi connectivity index (χ1v) is 9.01. The molecule has 1 aromatic rings. The average molecular weight is 352 g/mol. The standard InChI is InChI=1S/C14H19Cl2NO3S/c1-17(2)21(18,19)14-5-6-20-9-11(14)7-10-3-4-12(15)8-13(10)16/h3-4,8,11,14H,5-7,9H2,1-2H3. The molecule has 0 aromatic heterocycles. The highest BCUT2D eigenvalue weighted by atomic mass is 35.5. The molecule has 1 fully saturated rings. The molecule has 2 atom stereocenters. The number of sulfonamides is 1. The van der Waals surface area contributed by atoms with E-state index in [9.17, 15) is 8.42 Å². The van der Waals surface area contributed by atoms with Gasteiger partial charge in [0.15, 0.2) is 0 Å². The fourth-order valence-corrected chi connectivity index (χ4v) is 4.68. The third-order valence-electron chi connectivity index (χ3n) is 3.79. The molecule has 0 amide bonds. The topological polar surface area (TPSA) is 46.6 Å². The van der Waals surface area contributed by atoms with Gasteiger partial charge in [0.2, 0.25) is 10.0 Å². The fourth-order valence-electron chi connectivity index (χ4n) is 2.60. The van der Waals surface area contributed by atoms with E-state index < -0.39 is 15.3 Å². The summed E-state index contributed by atoms with van der Waals surface area (Å²) in [6.45, 7) is 0.902. The summed E-state index contributed by atoms with van der Waals surface area (Å²) in [4.78, 5) is 0. The smallest absolute Gasteiger partial charge is 0.216 e. The zero-order valence-electron chi connectivity index (χ0n) is 12.1. The van der Waals surface area contributed by atoms with E-state index in [0.717, 1.165) is 5.56 Å². The molecule has 0 radical (unpaired) electrons. The van der Waals surface area contributed by atoms with Crippen LogP contribution >= 0.6 is 23.2 Å². The van der Waals surface area contributed by atoms with Crippen LogP contribution in [0.25, 0.3) is 0 Å². The van der Waals surface area contributed by atoms with Crippen molar-refractivity contribution in [2.75, 3.05) is 27.3 Å². The van der Waals surface area contributed by atoms with Gasteiger partial charge in [-0.2, -0.15) is 0 Å². The van der Waals surface area contributed by atoms with Crippen LogP contribution in [0.3, 0.4) is 0 Å². The summed E-state index contributed by atoms with van der Waals surface area (Å²) in [6, 6.07) is 5.29. The Balaban J connectivity index is 2.23. The molecule has 2 rings (SSSR count). The molecule has 4 nitrogen and oxygen atoms in total. The summed E-state index contributed by atoms with van der Waals surface area (Å²) in [5.74, 6) is -0.107. The molecule has 0 N–H and O–H groups in total. The molecular formula is C14H19Cl2NO3S. The third kappa shape index (κ3) is 3.90. The largest absolute Gasteiger partial charge is 0.381 e. The predicted molar refractivity (Wildman–Crippen MR) is 85.5 cm³/mol. The zero-order valence-corrected chi connectivity index (χ0v) is 14.4. The van der Waals surface area contributed by atoms with Gasteiger partial charge in [-0.1, -0.05) is 29.3 Å².